The SMILES string of the molecule is C/C(=N/OCC(=O)OCC(=O)NCCc1ccccc1C)c1ccc2c(c1)OCO2. The third kappa shape index (κ3) is 5.97. The molecular formula is C22H24N2O6. The fourth-order valence-electron chi connectivity index (χ4n) is 2.82. The molecule has 158 valence electrons. The van der Waals surface area contributed by atoms with Crippen molar-refractivity contribution in [1.29, 1.82) is 0 Å². The summed E-state index contributed by atoms with van der Waals surface area (Å²) in [6, 6.07) is 13.4. The average molecular weight is 412 g/mol. The summed E-state index contributed by atoms with van der Waals surface area (Å²) in [5, 5.41) is 6.62. The summed E-state index contributed by atoms with van der Waals surface area (Å²) in [4.78, 5) is 28.6. The second kappa shape index (κ2) is 10.3. The number of carbonyl (C=O) groups is 2. The van der Waals surface area contributed by atoms with Crippen molar-refractivity contribution in [3.8, 4) is 11.5 Å². The zero-order valence-electron chi connectivity index (χ0n) is 17.0. The van der Waals surface area contributed by atoms with Crippen molar-refractivity contribution in [2.75, 3.05) is 26.6 Å². The van der Waals surface area contributed by atoms with Gasteiger partial charge in [-0.2, -0.15) is 0 Å². The average Bonchev–Trinajstić information content (AvgIpc) is 3.21. The second-order valence-corrected chi connectivity index (χ2v) is 6.71. The van der Waals surface area contributed by atoms with Crippen LogP contribution in [0.3, 0.4) is 0 Å². The van der Waals surface area contributed by atoms with Gasteiger partial charge in [-0.25, -0.2) is 4.79 Å². The van der Waals surface area contributed by atoms with Gasteiger partial charge >= 0.3 is 5.97 Å². The number of carbonyl (C=O) groups excluding carboxylic acids is 2. The number of fused-ring (bicyclic) bond motifs is 1. The predicted molar refractivity (Wildman–Crippen MR) is 110 cm³/mol. The summed E-state index contributed by atoms with van der Waals surface area (Å²) >= 11 is 0. The highest BCUT2D eigenvalue weighted by Gasteiger charge is 2.14. The van der Waals surface area contributed by atoms with Gasteiger partial charge in [0.1, 0.15) is 0 Å². The van der Waals surface area contributed by atoms with Crippen LogP contribution in [0.4, 0.5) is 0 Å². The summed E-state index contributed by atoms with van der Waals surface area (Å²) in [7, 11) is 0. The molecule has 0 radical (unpaired) electrons. The van der Waals surface area contributed by atoms with Crippen LogP contribution in [0.5, 0.6) is 11.5 Å². The van der Waals surface area contributed by atoms with E-state index in [0.29, 0.717) is 30.2 Å². The van der Waals surface area contributed by atoms with Crippen molar-refractivity contribution in [1.82, 2.24) is 5.32 Å². The third-order valence-electron chi connectivity index (χ3n) is 4.52. The molecule has 0 aromatic heterocycles. The minimum atomic E-state index is -0.675. The Labute approximate surface area is 174 Å². The fraction of sp³-hybridized carbons (Fsp3) is 0.318. The lowest BCUT2D eigenvalue weighted by Crippen LogP contribution is -2.31. The van der Waals surface area contributed by atoms with Gasteiger partial charge in [-0.15, -0.1) is 0 Å². The molecule has 1 amide bonds. The van der Waals surface area contributed by atoms with Crippen LogP contribution in [-0.4, -0.2) is 44.1 Å². The van der Waals surface area contributed by atoms with E-state index < -0.39 is 12.6 Å². The molecule has 0 unspecified atom stereocenters. The van der Waals surface area contributed by atoms with Gasteiger partial charge in [0.2, 0.25) is 13.4 Å². The van der Waals surface area contributed by atoms with Crippen LogP contribution in [-0.2, 0) is 25.6 Å². The highest BCUT2D eigenvalue weighted by molar-refractivity contribution is 5.99. The Hall–Kier alpha value is -3.55. The number of ether oxygens (including phenoxy) is 3. The number of oxime groups is 1. The maximum atomic E-state index is 11.8. The molecule has 3 rings (SSSR count). The highest BCUT2D eigenvalue weighted by atomic mass is 16.7. The number of benzene rings is 2. The highest BCUT2D eigenvalue weighted by Crippen LogP contribution is 2.32. The number of hydrogen-bond acceptors (Lipinski definition) is 7. The maximum Gasteiger partial charge on any atom is 0.347 e. The summed E-state index contributed by atoms with van der Waals surface area (Å²) < 4.78 is 15.5. The molecule has 0 aliphatic carbocycles. The number of amides is 1. The third-order valence-corrected chi connectivity index (χ3v) is 4.52. The van der Waals surface area contributed by atoms with Gasteiger partial charge in [0.15, 0.2) is 18.1 Å². The normalized spacial score (nSPS) is 12.4. The molecule has 30 heavy (non-hydrogen) atoms. The van der Waals surface area contributed by atoms with E-state index in [4.69, 9.17) is 19.0 Å². The molecule has 0 saturated heterocycles. The summed E-state index contributed by atoms with van der Waals surface area (Å²) in [5.74, 6) is 0.270. The number of nitrogens with one attached hydrogen (secondary N) is 1. The van der Waals surface area contributed by atoms with Crippen LogP contribution >= 0.6 is 0 Å². The molecule has 8 nitrogen and oxygen atoms in total. The molecule has 0 fully saturated rings. The van der Waals surface area contributed by atoms with E-state index in [0.717, 1.165) is 5.56 Å². The lowest BCUT2D eigenvalue weighted by molar-refractivity contribution is -0.152. The fourth-order valence-corrected chi connectivity index (χ4v) is 2.82. The smallest absolute Gasteiger partial charge is 0.347 e. The summed E-state index contributed by atoms with van der Waals surface area (Å²) in [6.07, 6.45) is 0.712. The molecular weight excluding hydrogens is 388 g/mol. The lowest BCUT2D eigenvalue weighted by Gasteiger charge is -2.08. The van der Waals surface area contributed by atoms with Gasteiger partial charge in [-0.3, -0.25) is 4.79 Å². The molecule has 1 N–H and O–H groups in total. The van der Waals surface area contributed by atoms with Crippen molar-refractivity contribution < 1.29 is 28.6 Å². The van der Waals surface area contributed by atoms with Gasteiger partial charge in [0.05, 0.1) is 5.71 Å². The van der Waals surface area contributed by atoms with E-state index in [1.165, 1.54) is 11.1 Å². The second-order valence-electron chi connectivity index (χ2n) is 6.71. The predicted octanol–water partition coefficient (Wildman–Crippen LogP) is 2.37. The van der Waals surface area contributed by atoms with E-state index in [2.05, 4.69) is 10.5 Å². The Bertz CT molecular complexity index is 941. The van der Waals surface area contributed by atoms with Crippen LogP contribution in [0.1, 0.15) is 23.6 Å². The first-order valence-electron chi connectivity index (χ1n) is 9.56. The first-order chi connectivity index (χ1) is 14.5. The van der Waals surface area contributed by atoms with E-state index in [1.807, 2.05) is 37.3 Å². The van der Waals surface area contributed by atoms with E-state index in [-0.39, 0.29) is 19.3 Å². The minimum absolute atomic E-state index is 0.191. The van der Waals surface area contributed by atoms with Crippen molar-refractivity contribution >= 4 is 17.6 Å². The molecule has 0 spiro atoms. The summed E-state index contributed by atoms with van der Waals surface area (Å²) in [5.41, 5.74) is 3.68. The molecule has 2 aromatic rings. The van der Waals surface area contributed by atoms with Crippen LogP contribution in [0, 0.1) is 6.92 Å². The molecule has 0 bridgehead atoms. The molecule has 0 saturated carbocycles. The van der Waals surface area contributed by atoms with Crippen LogP contribution < -0.4 is 14.8 Å². The van der Waals surface area contributed by atoms with Crippen molar-refractivity contribution in [2.45, 2.75) is 20.3 Å². The number of nitrogens with zero attached hydrogens (tertiary/aromatic N) is 1. The van der Waals surface area contributed by atoms with Crippen molar-refractivity contribution in [3.05, 3.63) is 59.2 Å². The Morgan fingerprint density at radius 3 is 2.73 bits per heavy atom. The van der Waals surface area contributed by atoms with E-state index >= 15 is 0 Å². The standard InChI is InChI=1S/C22H24N2O6/c1-15-5-3-4-6-17(15)9-10-23-21(25)12-27-22(26)13-30-24-16(2)18-7-8-19-20(11-18)29-14-28-19/h3-8,11H,9-10,12-14H2,1-2H3,(H,23,25)/b24-16-. The van der Waals surface area contributed by atoms with Gasteiger partial charge < -0.3 is 24.4 Å². The van der Waals surface area contributed by atoms with Crippen LogP contribution in [0.2, 0.25) is 0 Å². The van der Waals surface area contributed by atoms with Gasteiger partial charge in [0.25, 0.3) is 5.91 Å². The van der Waals surface area contributed by atoms with Crippen LogP contribution in [0.25, 0.3) is 0 Å². The van der Waals surface area contributed by atoms with E-state index in [9.17, 15) is 9.59 Å². The largest absolute Gasteiger partial charge is 0.454 e. The quantitative estimate of drug-likeness (QED) is 0.386. The first-order valence-corrected chi connectivity index (χ1v) is 9.56. The lowest BCUT2D eigenvalue weighted by atomic mass is 10.1. The number of hydrogen-bond donors (Lipinski definition) is 1. The topological polar surface area (TPSA) is 95.5 Å². The number of esters is 1. The number of rotatable bonds is 9. The number of aryl methyl sites for hydroxylation is 1. The molecule has 8 heteroatoms. The summed E-state index contributed by atoms with van der Waals surface area (Å²) in [6.45, 7) is 3.67. The molecule has 1 aliphatic rings. The molecule has 2 aromatic carbocycles. The van der Waals surface area contributed by atoms with Crippen molar-refractivity contribution in [3.63, 3.8) is 0 Å². The van der Waals surface area contributed by atoms with Gasteiger partial charge in [0, 0.05) is 12.1 Å². The first kappa shape index (κ1) is 21.2. The maximum absolute atomic E-state index is 11.8. The molecule has 1 heterocycles. The monoisotopic (exact) mass is 412 g/mol. The zero-order chi connectivity index (χ0) is 21.3. The molecule has 1 aliphatic heterocycles. The van der Waals surface area contributed by atoms with Crippen molar-refractivity contribution in [2.24, 2.45) is 5.16 Å². The Morgan fingerprint density at radius 2 is 1.90 bits per heavy atom. The van der Waals surface area contributed by atoms with Gasteiger partial charge in [-0.05, 0) is 49.6 Å². The Morgan fingerprint density at radius 1 is 1.10 bits per heavy atom. The minimum Gasteiger partial charge on any atom is -0.454 e. The molecule has 0 atom stereocenters. The zero-order valence-corrected chi connectivity index (χ0v) is 17.0. The van der Waals surface area contributed by atoms with Gasteiger partial charge in [-0.1, -0.05) is 29.4 Å². The Balaban J connectivity index is 1.34. The van der Waals surface area contributed by atoms with E-state index in [1.54, 1.807) is 19.1 Å². The Kier molecular flexibility index (Phi) is 7.26. The van der Waals surface area contributed by atoms with Crippen LogP contribution in [0.15, 0.2) is 47.6 Å².